The van der Waals surface area contributed by atoms with Gasteiger partial charge in [0.15, 0.2) is 0 Å². The Morgan fingerprint density at radius 3 is 1.73 bits per heavy atom. The normalized spacial score (nSPS) is 11.6. The lowest BCUT2D eigenvalue weighted by Crippen LogP contribution is -2.09. The summed E-state index contributed by atoms with van der Waals surface area (Å²) in [5.41, 5.74) is 2.02. The van der Waals surface area contributed by atoms with Crippen molar-refractivity contribution in [3.05, 3.63) is 70.9 Å². The second-order valence-electron chi connectivity index (χ2n) is 5.72. The molecule has 1 aromatic carbocycles. The van der Waals surface area contributed by atoms with Crippen molar-refractivity contribution in [3.63, 3.8) is 0 Å². The Morgan fingerprint density at radius 2 is 1.31 bits per heavy atom. The summed E-state index contributed by atoms with van der Waals surface area (Å²) < 4.78 is 0. The molecule has 5 heteroatoms. The molecule has 0 amide bonds. The number of nitrogens with zero attached hydrogens (tertiary/aromatic N) is 5. The first-order valence-corrected chi connectivity index (χ1v) is 7.79. The third-order valence-corrected chi connectivity index (χ3v) is 3.99. The Hall–Kier alpha value is -4.06. The molecule has 0 aliphatic heterocycles. The molecule has 1 aliphatic rings. The maximum Gasteiger partial charge on any atom is 0.137 e. The van der Waals surface area contributed by atoms with E-state index in [1.165, 1.54) is 0 Å². The Kier molecular flexibility index (Phi) is 5.74. The maximum absolute atomic E-state index is 9.46. The smallest absolute Gasteiger partial charge is 0.137 e. The van der Waals surface area contributed by atoms with Gasteiger partial charge in [-0.05, 0) is 17.7 Å². The zero-order valence-corrected chi connectivity index (χ0v) is 14.4. The summed E-state index contributed by atoms with van der Waals surface area (Å²) in [7, 11) is 3.81. The lowest BCUT2D eigenvalue weighted by molar-refractivity contribution is 1.02. The zero-order valence-electron chi connectivity index (χ0n) is 14.4. The molecule has 26 heavy (non-hydrogen) atoms. The quantitative estimate of drug-likeness (QED) is 0.617. The molecule has 1 aliphatic carbocycles. The molecule has 0 fully saturated rings. The fourth-order valence-electron chi connectivity index (χ4n) is 2.73. The van der Waals surface area contributed by atoms with Crippen LogP contribution in [0.4, 0.5) is 5.69 Å². The minimum absolute atomic E-state index is 0.110. The molecule has 0 saturated heterocycles. The molecular weight excluding hydrogens is 322 g/mol. The molecule has 0 bridgehead atoms. The highest BCUT2D eigenvalue weighted by Crippen LogP contribution is 2.37. The van der Waals surface area contributed by atoms with Gasteiger partial charge >= 0.3 is 0 Å². The number of hydrogen-bond acceptors (Lipinski definition) is 5. The minimum atomic E-state index is -0.343. The Morgan fingerprint density at radius 1 is 0.808 bits per heavy atom. The van der Waals surface area contributed by atoms with Crippen LogP contribution in [-0.4, -0.2) is 14.1 Å². The summed E-state index contributed by atoms with van der Waals surface area (Å²) in [4.78, 5) is 1.93. The molecule has 0 heterocycles. The molecule has 0 unspecified atom stereocenters. The molecule has 0 spiro atoms. The van der Waals surface area contributed by atoms with Crippen molar-refractivity contribution in [3.8, 4) is 24.3 Å². The van der Waals surface area contributed by atoms with Gasteiger partial charge in [0.1, 0.15) is 35.4 Å². The number of hydrogen-bond donors (Lipinski definition) is 0. The van der Waals surface area contributed by atoms with Crippen LogP contribution in [0.2, 0.25) is 0 Å². The van der Waals surface area contributed by atoms with Crippen LogP contribution in [0.15, 0.2) is 65.3 Å². The molecule has 5 nitrogen and oxygen atoms in total. The highest BCUT2D eigenvalue weighted by Gasteiger charge is 2.24. The average Bonchev–Trinajstić information content (AvgIpc) is 3.19. The van der Waals surface area contributed by atoms with Gasteiger partial charge in [-0.2, -0.15) is 21.0 Å². The second-order valence-corrected chi connectivity index (χ2v) is 5.72. The van der Waals surface area contributed by atoms with Crippen LogP contribution in [0.5, 0.6) is 0 Å². The number of benzene rings is 1. The van der Waals surface area contributed by atoms with E-state index in [1.807, 2.05) is 79.7 Å². The second kappa shape index (κ2) is 8.16. The minimum Gasteiger partial charge on any atom is -0.378 e. The van der Waals surface area contributed by atoms with Crippen molar-refractivity contribution in [1.82, 2.24) is 0 Å². The van der Waals surface area contributed by atoms with Gasteiger partial charge in [0.2, 0.25) is 0 Å². The van der Waals surface area contributed by atoms with Crippen molar-refractivity contribution in [2.45, 2.75) is 0 Å². The van der Waals surface area contributed by atoms with Crippen molar-refractivity contribution in [1.29, 1.82) is 21.0 Å². The van der Waals surface area contributed by atoms with Crippen LogP contribution in [0, 0.1) is 51.2 Å². The summed E-state index contributed by atoms with van der Waals surface area (Å²) in [5, 5.41) is 37.8. The highest BCUT2D eigenvalue weighted by atomic mass is 15.1. The van der Waals surface area contributed by atoms with Gasteiger partial charge in [-0.15, -0.1) is 0 Å². The Bertz CT molecular complexity index is 947. The fraction of sp³-hybridized carbons (Fsp3) is 0.143. The molecule has 0 aromatic heterocycles. The predicted molar refractivity (Wildman–Crippen MR) is 98.9 cm³/mol. The van der Waals surface area contributed by atoms with E-state index in [0.29, 0.717) is 16.7 Å². The molecule has 1 aromatic rings. The van der Waals surface area contributed by atoms with Gasteiger partial charge in [-0.25, -0.2) is 0 Å². The summed E-state index contributed by atoms with van der Waals surface area (Å²) >= 11 is 0. The van der Waals surface area contributed by atoms with Crippen molar-refractivity contribution < 1.29 is 0 Å². The monoisotopic (exact) mass is 337 g/mol. The van der Waals surface area contributed by atoms with E-state index < -0.39 is 0 Å². The first kappa shape index (κ1) is 18.3. The van der Waals surface area contributed by atoms with Gasteiger partial charge < -0.3 is 4.90 Å². The standard InChI is InChI=1S/C21H15N5/c1-26(2)19-9-7-16(8-10-19)21(18(13-24)14-25)20(17(11-22)12-23)15-5-3-4-6-15/h3-10,15H,1-2H3. The van der Waals surface area contributed by atoms with Gasteiger partial charge in [0, 0.05) is 36.8 Å². The molecule has 2 rings (SSSR count). The molecule has 124 valence electrons. The third-order valence-electron chi connectivity index (χ3n) is 3.99. The lowest BCUT2D eigenvalue weighted by atomic mass is 9.83. The Balaban J connectivity index is 2.81. The number of rotatable bonds is 4. The van der Waals surface area contributed by atoms with E-state index in [2.05, 4.69) is 0 Å². The van der Waals surface area contributed by atoms with Crippen molar-refractivity contribution >= 4 is 11.3 Å². The summed E-state index contributed by atoms with van der Waals surface area (Å²) in [6.07, 6.45) is 7.26. The topological polar surface area (TPSA) is 98.4 Å². The van der Waals surface area contributed by atoms with E-state index in [1.54, 1.807) is 12.1 Å². The summed E-state index contributed by atoms with van der Waals surface area (Å²) in [6, 6.07) is 14.9. The van der Waals surface area contributed by atoms with Crippen LogP contribution in [-0.2, 0) is 0 Å². The van der Waals surface area contributed by atoms with Crippen LogP contribution >= 0.6 is 0 Å². The number of anilines is 1. The van der Waals surface area contributed by atoms with Gasteiger partial charge in [0.25, 0.3) is 0 Å². The summed E-state index contributed by atoms with van der Waals surface area (Å²) in [6.45, 7) is 0. The zero-order chi connectivity index (χ0) is 19.1. The average molecular weight is 337 g/mol. The van der Waals surface area contributed by atoms with Gasteiger partial charge in [0.05, 0.1) is 0 Å². The van der Waals surface area contributed by atoms with E-state index in [-0.39, 0.29) is 17.1 Å². The van der Waals surface area contributed by atoms with Gasteiger partial charge in [-0.3, -0.25) is 0 Å². The van der Waals surface area contributed by atoms with E-state index in [9.17, 15) is 21.0 Å². The van der Waals surface area contributed by atoms with Crippen LogP contribution in [0.3, 0.4) is 0 Å². The number of nitriles is 4. The Labute approximate surface area is 152 Å². The van der Waals surface area contributed by atoms with Gasteiger partial charge in [-0.1, -0.05) is 36.4 Å². The molecule has 0 atom stereocenters. The maximum atomic E-state index is 9.46. The van der Waals surface area contributed by atoms with E-state index in [0.717, 1.165) is 5.69 Å². The third kappa shape index (κ3) is 3.54. The summed E-state index contributed by atoms with van der Waals surface area (Å²) in [5.74, 6) is -0.343. The molecule has 0 radical (unpaired) electrons. The predicted octanol–water partition coefficient (Wildman–Crippen LogP) is 3.64. The fourth-order valence-corrected chi connectivity index (χ4v) is 2.73. The largest absolute Gasteiger partial charge is 0.378 e. The van der Waals surface area contributed by atoms with Crippen LogP contribution < -0.4 is 4.90 Å². The van der Waals surface area contributed by atoms with Crippen molar-refractivity contribution in [2.75, 3.05) is 19.0 Å². The lowest BCUT2D eigenvalue weighted by Gasteiger charge is -2.18. The molecule has 0 saturated carbocycles. The first-order chi connectivity index (χ1) is 12.6. The molecular formula is C21H15N5. The van der Waals surface area contributed by atoms with Crippen molar-refractivity contribution in [2.24, 2.45) is 5.92 Å². The highest BCUT2D eigenvalue weighted by molar-refractivity contribution is 5.89. The van der Waals surface area contributed by atoms with E-state index >= 15 is 0 Å². The van der Waals surface area contributed by atoms with Crippen LogP contribution in [0.1, 0.15) is 5.56 Å². The first-order valence-electron chi connectivity index (χ1n) is 7.79. The molecule has 0 N–H and O–H groups in total. The number of allylic oxidation sites excluding steroid dienone is 8. The SMILES string of the molecule is CN(C)c1ccc(C(=C(C#N)C#N)C(=C(C#N)C#N)C2C=CC=C2)cc1. The van der Waals surface area contributed by atoms with E-state index in [4.69, 9.17) is 0 Å². The van der Waals surface area contributed by atoms with Crippen LogP contribution in [0.25, 0.3) is 5.57 Å².